The molecule has 1 atom stereocenters. The molecule has 2 N–H and O–H groups in total. The van der Waals surface area contributed by atoms with Gasteiger partial charge in [0.15, 0.2) is 0 Å². The second-order valence-electron chi connectivity index (χ2n) is 5.60. The second kappa shape index (κ2) is 7.90. The summed E-state index contributed by atoms with van der Waals surface area (Å²) in [5.74, 6) is 6.87. The van der Waals surface area contributed by atoms with E-state index < -0.39 is 0 Å². The number of likely N-dealkylation sites (tertiary alicyclic amines) is 1. The highest BCUT2D eigenvalue weighted by atomic mass is 16.5. The predicted molar refractivity (Wildman–Crippen MR) is 83.2 cm³/mol. The van der Waals surface area contributed by atoms with E-state index >= 15 is 0 Å². The van der Waals surface area contributed by atoms with Crippen LogP contribution in [-0.2, 0) is 0 Å². The van der Waals surface area contributed by atoms with Crippen LogP contribution < -0.4 is 10.6 Å². The Morgan fingerprint density at radius 3 is 2.90 bits per heavy atom. The number of benzene rings is 1. The fourth-order valence-electron chi connectivity index (χ4n) is 2.70. The van der Waals surface area contributed by atoms with Gasteiger partial charge in [-0.15, -0.1) is 0 Å². The minimum absolute atomic E-state index is 0.773. The van der Waals surface area contributed by atoms with Gasteiger partial charge in [0.25, 0.3) is 0 Å². The molecule has 0 aromatic heterocycles. The summed E-state index contributed by atoms with van der Waals surface area (Å²) in [6.45, 7) is 6.75. The van der Waals surface area contributed by atoms with E-state index in [4.69, 9.17) is 10.6 Å². The third-order valence-corrected chi connectivity index (χ3v) is 3.73. The van der Waals surface area contributed by atoms with Crippen molar-refractivity contribution >= 4 is 6.21 Å². The summed E-state index contributed by atoms with van der Waals surface area (Å²) in [7, 11) is 0. The second-order valence-corrected chi connectivity index (χ2v) is 5.60. The number of nitrogens with zero attached hydrogens (tertiary/aromatic N) is 2. The van der Waals surface area contributed by atoms with Gasteiger partial charge in [-0.05, 0) is 61.6 Å². The maximum Gasteiger partial charge on any atom is 0.119 e. The SMILES string of the molecule is CC1CCCN(CCCOc2ccc(C=NN)cc2)C1. The summed E-state index contributed by atoms with van der Waals surface area (Å²) < 4.78 is 5.75. The zero-order valence-corrected chi connectivity index (χ0v) is 12.3. The first-order valence-corrected chi connectivity index (χ1v) is 7.46. The van der Waals surface area contributed by atoms with E-state index in [0.29, 0.717) is 0 Å². The van der Waals surface area contributed by atoms with E-state index in [2.05, 4.69) is 16.9 Å². The summed E-state index contributed by atoms with van der Waals surface area (Å²) in [5.41, 5.74) is 0.988. The van der Waals surface area contributed by atoms with E-state index in [9.17, 15) is 0 Å². The molecule has 4 heteroatoms. The molecule has 20 heavy (non-hydrogen) atoms. The van der Waals surface area contributed by atoms with Crippen molar-refractivity contribution in [2.45, 2.75) is 26.2 Å². The van der Waals surface area contributed by atoms with Crippen molar-refractivity contribution in [1.82, 2.24) is 4.90 Å². The predicted octanol–water partition coefficient (Wildman–Crippen LogP) is 2.48. The molecule has 0 radical (unpaired) electrons. The zero-order chi connectivity index (χ0) is 14.2. The number of ether oxygens (including phenoxy) is 1. The van der Waals surface area contributed by atoms with Gasteiger partial charge in [0, 0.05) is 13.1 Å². The molecule has 4 nitrogen and oxygen atoms in total. The molecule has 1 aromatic rings. The Hall–Kier alpha value is -1.55. The molecule has 0 aliphatic carbocycles. The van der Waals surface area contributed by atoms with Crippen molar-refractivity contribution < 1.29 is 4.74 Å². The molecule has 1 unspecified atom stereocenters. The van der Waals surface area contributed by atoms with E-state index in [1.165, 1.54) is 25.9 Å². The highest BCUT2D eigenvalue weighted by Gasteiger charge is 2.15. The van der Waals surface area contributed by atoms with E-state index in [0.717, 1.165) is 36.8 Å². The van der Waals surface area contributed by atoms with Crippen LogP contribution in [-0.4, -0.2) is 37.4 Å². The van der Waals surface area contributed by atoms with Crippen molar-refractivity contribution in [2.75, 3.05) is 26.2 Å². The molecule has 1 fully saturated rings. The normalized spacial score (nSPS) is 20.4. The van der Waals surface area contributed by atoms with Crippen LogP contribution in [0.2, 0.25) is 0 Å². The third-order valence-electron chi connectivity index (χ3n) is 3.73. The first-order valence-electron chi connectivity index (χ1n) is 7.46. The maximum atomic E-state index is 5.75. The number of rotatable bonds is 6. The lowest BCUT2D eigenvalue weighted by atomic mass is 10.0. The van der Waals surface area contributed by atoms with Gasteiger partial charge in [0.1, 0.15) is 5.75 Å². The first-order chi connectivity index (χ1) is 9.78. The Labute approximate surface area is 121 Å². The summed E-state index contributed by atoms with van der Waals surface area (Å²) in [6.07, 6.45) is 5.43. The van der Waals surface area contributed by atoms with E-state index in [1.54, 1.807) is 6.21 Å². The lowest BCUT2D eigenvalue weighted by molar-refractivity contribution is 0.170. The molecule has 0 saturated carbocycles. The van der Waals surface area contributed by atoms with Crippen LogP contribution in [0.15, 0.2) is 29.4 Å². The van der Waals surface area contributed by atoms with Crippen molar-refractivity contribution in [3.63, 3.8) is 0 Å². The standard InChI is InChI=1S/C16H25N3O/c1-14-4-2-9-19(13-14)10-3-11-20-16-7-5-15(6-8-16)12-18-17/h5-8,12,14H,2-4,9-11,13,17H2,1H3. The Bertz CT molecular complexity index is 416. The molecule has 1 aromatic carbocycles. The number of hydrazone groups is 1. The van der Waals surface area contributed by atoms with E-state index in [-0.39, 0.29) is 0 Å². The molecule has 2 rings (SSSR count). The van der Waals surface area contributed by atoms with Crippen molar-refractivity contribution in [3.05, 3.63) is 29.8 Å². The Kier molecular flexibility index (Phi) is 5.87. The summed E-state index contributed by atoms with van der Waals surface area (Å²) >= 11 is 0. The largest absolute Gasteiger partial charge is 0.494 e. The van der Waals surface area contributed by atoms with Gasteiger partial charge in [-0.25, -0.2) is 0 Å². The summed E-state index contributed by atoms with van der Waals surface area (Å²) in [4.78, 5) is 2.55. The van der Waals surface area contributed by atoms with Gasteiger partial charge >= 0.3 is 0 Å². The molecule has 1 saturated heterocycles. The highest BCUT2D eigenvalue weighted by Crippen LogP contribution is 2.16. The van der Waals surface area contributed by atoms with Crippen LogP contribution in [0.25, 0.3) is 0 Å². The minimum atomic E-state index is 0.773. The van der Waals surface area contributed by atoms with Gasteiger partial charge in [-0.3, -0.25) is 0 Å². The van der Waals surface area contributed by atoms with Gasteiger partial charge in [0.05, 0.1) is 12.8 Å². The molecule has 0 spiro atoms. The quantitative estimate of drug-likeness (QED) is 0.375. The molecule has 110 valence electrons. The minimum Gasteiger partial charge on any atom is -0.494 e. The fourth-order valence-corrected chi connectivity index (χ4v) is 2.70. The number of nitrogens with two attached hydrogens (primary N) is 1. The van der Waals surface area contributed by atoms with Gasteiger partial charge < -0.3 is 15.5 Å². The van der Waals surface area contributed by atoms with Crippen LogP contribution in [0.4, 0.5) is 0 Å². The topological polar surface area (TPSA) is 50.8 Å². The zero-order valence-electron chi connectivity index (χ0n) is 12.3. The molecule has 0 bridgehead atoms. The number of piperidine rings is 1. The molecule has 1 aliphatic heterocycles. The monoisotopic (exact) mass is 275 g/mol. The number of hydrogen-bond donors (Lipinski definition) is 1. The Morgan fingerprint density at radius 2 is 2.20 bits per heavy atom. The van der Waals surface area contributed by atoms with Crippen molar-refractivity contribution in [1.29, 1.82) is 0 Å². The Morgan fingerprint density at radius 1 is 1.40 bits per heavy atom. The summed E-state index contributed by atoms with van der Waals surface area (Å²) in [5, 5.41) is 3.50. The van der Waals surface area contributed by atoms with Crippen molar-refractivity contribution in [3.8, 4) is 5.75 Å². The van der Waals surface area contributed by atoms with E-state index in [1.807, 2.05) is 24.3 Å². The maximum absolute atomic E-state index is 5.75. The van der Waals surface area contributed by atoms with Crippen molar-refractivity contribution in [2.24, 2.45) is 16.9 Å². The first kappa shape index (κ1) is 14.9. The number of hydrogen-bond acceptors (Lipinski definition) is 4. The molecule has 0 amide bonds. The molecule has 1 aliphatic rings. The molecule has 1 heterocycles. The van der Waals surface area contributed by atoms with Gasteiger partial charge in [0.2, 0.25) is 0 Å². The molecular formula is C16H25N3O. The van der Waals surface area contributed by atoms with Crippen LogP contribution in [0.3, 0.4) is 0 Å². The molecular weight excluding hydrogens is 250 g/mol. The van der Waals surface area contributed by atoms with Gasteiger partial charge in [-0.2, -0.15) is 5.10 Å². The van der Waals surface area contributed by atoms with Crippen LogP contribution >= 0.6 is 0 Å². The smallest absolute Gasteiger partial charge is 0.119 e. The lowest BCUT2D eigenvalue weighted by Crippen LogP contribution is -2.35. The van der Waals surface area contributed by atoms with Gasteiger partial charge in [-0.1, -0.05) is 6.92 Å². The third kappa shape index (κ3) is 4.85. The highest BCUT2D eigenvalue weighted by molar-refractivity contribution is 5.79. The Balaban J connectivity index is 1.65. The van der Waals surface area contributed by atoms with Crippen LogP contribution in [0.1, 0.15) is 31.7 Å². The average molecular weight is 275 g/mol. The lowest BCUT2D eigenvalue weighted by Gasteiger charge is -2.30. The summed E-state index contributed by atoms with van der Waals surface area (Å²) in [6, 6.07) is 7.83. The van der Waals surface area contributed by atoms with Crippen LogP contribution in [0.5, 0.6) is 5.75 Å². The average Bonchev–Trinajstić information content (AvgIpc) is 2.46. The fraction of sp³-hybridized carbons (Fsp3) is 0.562. The van der Waals surface area contributed by atoms with Crippen LogP contribution in [0, 0.1) is 5.92 Å².